The highest BCUT2D eigenvalue weighted by molar-refractivity contribution is 4.66. The van der Waals surface area contributed by atoms with E-state index in [1.807, 2.05) is 0 Å². The fraction of sp³-hybridized carbons (Fsp3) is 1.00. The lowest BCUT2D eigenvalue weighted by Gasteiger charge is -2.26. The van der Waals surface area contributed by atoms with Gasteiger partial charge in [-0.1, -0.05) is 13.8 Å². The summed E-state index contributed by atoms with van der Waals surface area (Å²) >= 11 is 0. The molecular formula is C11H24N2O. The van der Waals surface area contributed by atoms with Gasteiger partial charge in [-0.25, -0.2) is 0 Å². The SMILES string of the molecule is CC(C)CCOCCN1CCNCC1. The van der Waals surface area contributed by atoms with Gasteiger partial charge in [0, 0.05) is 39.3 Å². The molecule has 3 nitrogen and oxygen atoms in total. The Bertz CT molecular complexity index is 133. The highest BCUT2D eigenvalue weighted by Gasteiger charge is 2.08. The van der Waals surface area contributed by atoms with E-state index < -0.39 is 0 Å². The van der Waals surface area contributed by atoms with Gasteiger partial charge < -0.3 is 10.1 Å². The van der Waals surface area contributed by atoms with E-state index in [9.17, 15) is 0 Å². The fourth-order valence-corrected chi connectivity index (χ4v) is 1.55. The monoisotopic (exact) mass is 200 g/mol. The molecule has 0 aromatic rings. The van der Waals surface area contributed by atoms with E-state index >= 15 is 0 Å². The maximum absolute atomic E-state index is 5.59. The highest BCUT2D eigenvalue weighted by atomic mass is 16.5. The van der Waals surface area contributed by atoms with E-state index in [4.69, 9.17) is 4.74 Å². The first-order chi connectivity index (χ1) is 6.79. The van der Waals surface area contributed by atoms with Crippen LogP contribution in [0.3, 0.4) is 0 Å². The lowest BCUT2D eigenvalue weighted by Crippen LogP contribution is -2.44. The summed E-state index contributed by atoms with van der Waals surface area (Å²) in [7, 11) is 0. The van der Waals surface area contributed by atoms with Gasteiger partial charge >= 0.3 is 0 Å². The van der Waals surface area contributed by atoms with Crippen LogP contribution in [0.15, 0.2) is 0 Å². The van der Waals surface area contributed by atoms with E-state index in [0.29, 0.717) is 0 Å². The minimum absolute atomic E-state index is 0.759. The molecule has 0 aromatic carbocycles. The Labute approximate surface area is 87.8 Å². The highest BCUT2D eigenvalue weighted by Crippen LogP contribution is 1.99. The lowest BCUT2D eigenvalue weighted by atomic mass is 10.1. The molecule has 0 atom stereocenters. The van der Waals surface area contributed by atoms with Crippen LogP contribution in [0, 0.1) is 5.92 Å². The molecule has 0 aromatic heterocycles. The molecule has 0 unspecified atom stereocenters. The van der Waals surface area contributed by atoms with Gasteiger partial charge in [-0.05, 0) is 12.3 Å². The third-order valence-corrected chi connectivity index (χ3v) is 2.60. The van der Waals surface area contributed by atoms with Crippen molar-refractivity contribution in [3.63, 3.8) is 0 Å². The summed E-state index contributed by atoms with van der Waals surface area (Å²) in [6.07, 6.45) is 1.18. The van der Waals surface area contributed by atoms with Crippen molar-refractivity contribution in [1.29, 1.82) is 0 Å². The maximum Gasteiger partial charge on any atom is 0.0593 e. The summed E-state index contributed by atoms with van der Waals surface area (Å²) < 4.78 is 5.59. The van der Waals surface area contributed by atoms with Crippen LogP contribution in [0.4, 0.5) is 0 Å². The third kappa shape index (κ3) is 5.58. The van der Waals surface area contributed by atoms with Crippen LogP contribution >= 0.6 is 0 Å². The van der Waals surface area contributed by atoms with E-state index in [1.54, 1.807) is 0 Å². The van der Waals surface area contributed by atoms with Crippen molar-refractivity contribution in [1.82, 2.24) is 10.2 Å². The predicted molar refractivity (Wildman–Crippen MR) is 59.6 cm³/mol. The number of hydrogen-bond donors (Lipinski definition) is 1. The molecule has 1 rings (SSSR count). The van der Waals surface area contributed by atoms with Gasteiger partial charge in [-0.3, -0.25) is 4.90 Å². The van der Waals surface area contributed by atoms with Crippen molar-refractivity contribution >= 4 is 0 Å². The van der Waals surface area contributed by atoms with E-state index in [2.05, 4.69) is 24.1 Å². The maximum atomic E-state index is 5.59. The number of piperazine rings is 1. The molecule has 0 spiro atoms. The molecule has 0 bridgehead atoms. The minimum Gasteiger partial charge on any atom is -0.380 e. The first-order valence-corrected chi connectivity index (χ1v) is 5.80. The number of nitrogens with zero attached hydrogens (tertiary/aromatic N) is 1. The van der Waals surface area contributed by atoms with E-state index in [-0.39, 0.29) is 0 Å². The van der Waals surface area contributed by atoms with Crippen molar-refractivity contribution < 1.29 is 4.74 Å². The number of hydrogen-bond acceptors (Lipinski definition) is 3. The average Bonchev–Trinajstić information content (AvgIpc) is 2.18. The first-order valence-electron chi connectivity index (χ1n) is 5.80. The largest absolute Gasteiger partial charge is 0.380 e. The van der Waals surface area contributed by atoms with Crippen molar-refractivity contribution in [3.8, 4) is 0 Å². The first kappa shape index (κ1) is 12.0. The second-order valence-electron chi connectivity index (χ2n) is 4.39. The third-order valence-electron chi connectivity index (χ3n) is 2.60. The van der Waals surface area contributed by atoms with Crippen LogP contribution in [-0.4, -0.2) is 50.8 Å². The molecule has 0 amide bonds. The molecule has 1 saturated heterocycles. The summed E-state index contributed by atoms with van der Waals surface area (Å²) in [5, 5.41) is 3.35. The molecule has 1 aliphatic rings. The predicted octanol–water partition coefficient (Wildman–Crippen LogP) is 0.954. The van der Waals surface area contributed by atoms with Gasteiger partial charge in [-0.15, -0.1) is 0 Å². The average molecular weight is 200 g/mol. The van der Waals surface area contributed by atoms with Crippen LogP contribution in [0.5, 0.6) is 0 Å². The van der Waals surface area contributed by atoms with Gasteiger partial charge in [0.15, 0.2) is 0 Å². The zero-order valence-electron chi connectivity index (χ0n) is 9.59. The van der Waals surface area contributed by atoms with Crippen molar-refractivity contribution in [2.75, 3.05) is 45.9 Å². The lowest BCUT2D eigenvalue weighted by molar-refractivity contribution is 0.0921. The molecule has 3 heteroatoms. The second-order valence-corrected chi connectivity index (χ2v) is 4.39. The van der Waals surface area contributed by atoms with Crippen molar-refractivity contribution in [2.24, 2.45) is 5.92 Å². The van der Waals surface area contributed by atoms with Gasteiger partial charge in [0.1, 0.15) is 0 Å². The number of rotatable bonds is 6. The quantitative estimate of drug-likeness (QED) is 0.646. The van der Waals surface area contributed by atoms with Crippen LogP contribution in [0.2, 0.25) is 0 Å². The van der Waals surface area contributed by atoms with Crippen LogP contribution < -0.4 is 5.32 Å². The molecule has 0 saturated carbocycles. The molecule has 1 N–H and O–H groups in total. The molecule has 0 aliphatic carbocycles. The van der Waals surface area contributed by atoms with Crippen LogP contribution in [-0.2, 0) is 4.74 Å². The topological polar surface area (TPSA) is 24.5 Å². The molecule has 1 heterocycles. The Kier molecular flexibility index (Phi) is 6.15. The standard InChI is InChI=1S/C11H24N2O/c1-11(2)3-9-14-10-8-13-6-4-12-5-7-13/h11-12H,3-10H2,1-2H3. The summed E-state index contributed by atoms with van der Waals surface area (Å²) in [6, 6.07) is 0. The minimum atomic E-state index is 0.759. The Morgan fingerprint density at radius 1 is 1.21 bits per heavy atom. The Morgan fingerprint density at radius 3 is 2.57 bits per heavy atom. The van der Waals surface area contributed by atoms with Gasteiger partial charge in [0.05, 0.1) is 6.61 Å². The Balaban J connectivity index is 1.87. The van der Waals surface area contributed by atoms with Gasteiger partial charge in [0.2, 0.25) is 0 Å². The second kappa shape index (κ2) is 7.21. The summed E-state index contributed by atoms with van der Waals surface area (Å²) in [5.41, 5.74) is 0. The zero-order chi connectivity index (χ0) is 10.2. The summed E-state index contributed by atoms with van der Waals surface area (Å²) in [6.45, 7) is 12.0. The Morgan fingerprint density at radius 2 is 1.93 bits per heavy atom. The molecule has 84 valence electrons. The molecule has 14 heavy (non-hydrogen) atoms. The van der Waals surface area contributed by atoms with Crippen LogP contribution in [0.1, 0.15) is 20.3 Å². The number of ether oxygens (including phenoxy) is 1. The number of nitrogens with one attached hydrogen (secondary N) is 1. The summed E-state index contributed by atoms with van der Waals surface area (Å²) in [4.78, 5) is 2.46. The van der Waals surface area contributed by atoms with E-state index in [0.717, 1.165) is 38.8 Å². The van der Waals surface area contributed by atoms with Gasteiger partial charge in [0.25, 0.3) is 0 Å². The van der Waals surface area contributed by atoms with E-state index in [1.165, 1.54) is 19.5 Å². The normalized spacial score (nSPS) is 19.1. The van der Waals surface area contributed by atoms with Gasteiger partial charge in [-0.2, -0.15) is 0 Å². The zero-order valence-corrected chi connectivity index (χ0v) is 9.59. The summed E-state index contributed by atoms with van der Waals surface area (Å²) in [5.74, 6) is 0.759. The van der Waals surface area contributed by atoms with Crippen LogP contribution in [0.25, 0.3) is 0 Å². The molecule has 1 aliphatic heterocycles. The van der Waals surface area contributed by atoms with Crippen molar-refractivity contribution in [3.05, 3.63) is 0 Å². The molecular weight excluding hydrogens is 176 g/mol. The van der Waals surface area contributed by atoms with Crippen molar-refractivity contribution in [2.45, 2.75) is 20.3 Å². The molecule has 1 fully saturated rings. The fourth-order valence-electron chi connectivity index (χ4n) is 1.55. The smallest absolute Gasteiger partial charge is 0.0593 e. The Hall–Kier alpha value is -0.120. The molecule has 0 radical (unpaired) electrons.